The second kappa shape index (κ2) is 8.10. The number of rotatable bonds is 4. The van der Waals surface area contributed by atoms with Crippen molar-refractivity contribution in [3.63, 3.8) is 0 Å². The number of aromatic nitrogens is 2. The van der Waals surface area contributed by atoms with Crippen molar-refractivity contribution in [3.8, 4) is 0 Å². The first kappa shape index (κ1) is 20.4. The first-order valence-corrected chi connectivity index (χ1v) is 12.0. The fourth-order valence-corrected chi connectivity index (χ4v) is 6.33. The highest BCUT2D eigenvalue weighted by molar-refractivity contribution is 7.99. The number of fused-ring (bicyclic) bond motifs is 1. The molecule has 2 aromatic rings. The van der Waals surface area contributed by atoms with Gasteiger partial charge in [-0.15, -0.1) is 0 Å². The lowest BCUT2D eigenvalue weighted by Gasteiger charge is -2.26. The van der Waals surface area contributed by atoms with Gasteiger partial charge < -0.3 is 5.32 Å². The Bertz CT molecular complexity index is 1130. The Morgan fingerprint density at radius 3 is 2.69 bits per heavy atom. The summed E-state index contributed by atoms with van der Waals surface area (Å²) < 4.78 is 28.8. The minimum absolute atomic E-state index is 0.0564. The molecule has 0 unspecified atom stereocenters. The number of benzene rings is 1. The molecule has 0 saturated carbocycles. The zero-order valence-electron chi connectivity index (χ0n) is 15.4. The van der Waals surface area contributed by atoms with Gasteiger partial charge in [-0.3, -0.25) is 14.2 Å². The molecule has 2 aliphatic heterocycles. The Labute approximate surface area is 177 Å². The van der Waals surface area contributed by atoms with Crippen LogP contribution in [0.2, 0.25) is 5.02 Å². The topological polar surface area (TPSA) is 101 Å². The first-order valence-electron chi connectivity index (χ1n) is 9.21. The number of nitrogens with one attached hydrogen (secondary N) is 1. The minimum Gasteiger partial charge on any atom is -0.322 e. The standard InChI is InChI=1S/C18H19ClN4O4S2/c19-14-5-4-12(10-15(14)29(26,27)22-6-2-1-3-7-22)21-16(24)13-11-20-18-23(17(13)25)8-9-28-18/h4-5,10-11H,1-3,6-9H2,(H,21,24). The first-order chi connectivity index (χ1) is 13.9. The largest absolute Gasteiger partial charge is 0.322 e. The number of anilines is 1. The normalized spacial score (nSPS) is 17.1. The maximum absolute atomic E-state index is 13.0. The van der Waals surface area contributed by atoms with Crippen molar-refractivity contribution < 1.29 is 13.2 Å². The number of hydrogen-bond acceptors (Lipinski definition) is 6. The quantitative estimate of drug-likeness (QED) is 0.712. The van der Waals surface area contributed by atoms with E-state index >= 15 is 0 Å². The number of piperidine rings is 1. The van der Waals surface area contributed by atoms with Crippen LogP contribution in [0.25, 0.3) is 0 Å². The summed E-state index contributed by atoms with van der Waals surface area (Å²) in [6, 6.07) is 4.26. The van der Waals surface area contributed by atoms with E-state index in [1.54, 1.807) is 0 Å². The van der Waals surface area contributed by atoms with Crippen molar-refractivity contribution in [2.24, 2.45) is 0 Å². The molecular weight excluding hydrogens is 436 g/mol. The lowest BCUT2D eigenvalue weighted by Crippen LogP contribution is -2.35. The Balaban J connectivity index is 1.61. The van der Waals surface area contributed by atoms with Crippen molar-refractivity contribution in [3.05, 3.63) is 45.3 Å². The highest BCUT2D eigenvalue weighted by Gasteiger charge is 2.28. The number of amides is 1. The zero-order chi connectivity index (χ0) is 20.6. The lowest BCUT2D eigenvalue weighted by molar-refractivity contribution is 0.102. The average molecular weight is 455 g/mol. The third kappa shape index (κ3) is 3.94. The van der Waals surface area contributed by atoms with Crippen LogP contribution in [0.4, 0.5) is 5.69 Å². The molecule has 154 valence electrons. The molecule has 8 nitrogen and oxygen atoms in total. The van der Waals surface area contributed by atoms with Crippen LogP contribution in [0, 0.1) is 0 Å². The highest BCUT2D eigenvalue weighted by atomic mass is 35.5. The Morgan fingerprint density at radius 1 is 1.17 bits per heavy atom. The Morgan fingerprint density at radius 2 is 1.93 bits per heavy atom. The van der Waals surface area contributed by atoms with Crippen LogP contribution in [-0.4, -0.2) is 47.0 Å². The third-order valence-corrected chi connectivity index (χ3v) is 8.27. The van der Waals surface area contributed by atoms with Crippen LogP contribution < -0.4 is 10.9 Å². The average Bonchev–Trinajstić information content (AvgIpc) is 3.20. The van der Waals surface area contributed by atoms with Crippen LogP contribution in [0.5, 0.6) is 0 Å². The molecule has 0 bridgehead atoms. The van der Waals surface area contributed by atoms with E-state index in [2.05, 4.69) is 10.3 Å². The molecule has 1 fully saturated rings. The van der Waals surface area contributed by atoms with Crippen LogP contribution in [0.1, 0.15) is 29.6 Å². The number of halogens is 1. The van der Waals surface area contributed by atoms with Gasteiger partial charge in [0, 0.05) is 37.3 Å². The number of thioether (sulfide) groups is 1. The summed E-state index contributed by atoms with van der Waals surface area (Å²) in [5, 5.41) is 3.27. The van der Waals surface area contributed by atoms with Gasteiger partial charge in [-0.25, -0.2) is 13.4 Å². The van der Waals surface area contributed by atoms with Crippen molar-refractivity contribution >= 4 is 45.0 Å². The maximum atomic E-state index is 13.0. The molecule has 1 aromatic carbocycles. The molecule has 3 heterocycles. The molecule has 1 N–H and O–H groups in total. The molecular formula is C18H19ClN4O4S2. The second-order valence-corrected chi connectivity index (χ2v) is 10.2. The van der Waals surface area contributed by atoms with E-state index in [0.29, 0.717) is 24.8 Å². The smallest absolute Gasteiger partial charge is 0.267 e. The summed E-state index contributed by atoms with van der Waals surface area (Å²) in [4.78, 5) is 29.2. The fraction of sp³-hybridized carbons (Fsp3) is 0.389. The molecule has 0 radical (unpaired) electrons. The zero-order valence-corrected chi connectivity index (χ0v) is 17.8. The molecule has 29 heavy (non-hydrogen) atoms. The third-order valence-electron chi connectivity index (χ3n) is 4.92. The molecule has 1 amide bonds. The predicted molar refractivity (Wildman–Crippen MR) is 111 cm³/mol. The molecule has 1 aromatic heterocycles. The number of sulfonamides is 1. The van der Waals surface area contributed by atoms with Crippen LogP contribution in [0.15, 0.2) is 39.2 Å². The van der Waals surface area contributed by atoms with Crippen LogP contribution in [-0.2, 0) is 16.6 Å². The van der Waals surface area contributed by atoms with Crippen molar-refractivity contribution in [1.29, 1.82) is 0 Å². The predicted octanol–water partition coefficient (Wildman–Crippen LogP) is 2.43. The van der Waals surface area contributed by atoms with Gasteiger partial charge in [-0.1, -0.05) is 29.8 Å². The summed E-state index contributed by atoms with van der Waals surface area (Å²) in [5.41, 5.74) is -0.256. The van der Waals surface area contributed by atoms with Gasteiger partial charge in [0.05, 0.1) is 5.02 Å². The van der Waals surface area contributed by atoms with Gasteiger partial charge >= 0.3 is 0 Å². The number of hydrogen-bond donors (Lipinski definition) is 1. The van der Waals surface area contributed by atoms with Crippen LogP contribution in [0.3, 0.4) is 0 Å². The van der Waals surface area contributed by atoms with Gasteiger partial charge in [-0.2, -0.15) is 4.31 Å². The van der Waals surface area contributed by atoms with Gasteiger partial charge in [0.1, 0.15) is 10.5 Å². The SMILES string of the molecule is O=C(Nc1ccc(Cl)c(S(=O)(=O)N2CCCCC2)c1)c1cnc2n(c1=O)CCS2. The maximum Gasteiger partial charge on any atom is 0.267 e. The molecule has 2 aliphatic rings. The van der Waals surface area contributed by atoms with Crippen molar-refractivity contribution in [1.82, 2.24) is 13.9 Å². The molecule has 11 heteroatoms. The minimum atomic E-state index is -3.76. The second-order valence-electron chi connectivity index (χ2n) is 6.82. The summed E-state index contributed by atoms with van der Waals surface area (Å²) in [5.74, 6) is 0.0979. The van der Waals surface area contributed by atoms with E-state index in [4.69, 9.17) is 11.6 Å². The van der Waals surface area contributed by atoms with E-state index in [1.807, 2.05) is 0 Å². The Hall–Kier alpha value is -1.88. The highest BCUT2D eigenvalue weighted by Crippen LogP contribution is 2.29. The summed E-state index contributed by atoms with van der Waals surface area (Å²) in [7, 11) is -3.76. The molecule has 0 spiro atoms. The van der Waals surface area contributed by atoms with Gasteiger partial charge in [0.2, 0.25) is 10.0 Å². The van der Waals surface area contributed by atoms with E-state index in [1.165, 1.54) is 45.0 Å². The van der Waals surface area contributed by atoms with E-state index in [9.17, 15) is 18.0 Å². The molecule has 1 saturated heterocycles. The summed E-state index contributed by atoms with van der Waals surface area (Å²) >= 11 is 7.62. The fourth-order valence-electron chi connectivity index (χ4n) is 3.39. The van der Waals surface area contributed by atoms with Gasteiger partial charge in [-0.05, 0) is 31.0 Å². The molecule has 4 rings (SSSR count). The summed E-state index contributed by atoms with van der Waals surface area (Å²) in [6.45, 7) is 1.40. The summed E-state index contributed by atoms with van der Waals surface area (Å²) in [6.07, 6.45) is 3.86. The van der Waals surface area contributed by atoms with E-state index < -0.39 is 21.5 Å². The monoisotopic (exact) mass is 454 g/mol. The van der Waals surface area contributed by atoms with Crippen LogP contribution >= 0.6 is 23.4 Å². The number of nitrogens with zero attached hydrogens (tertiary/aromatic N) is 3. The van der Waals surface area contributed by atoms with Crippen molar-refractivity contribution in [2.45, 2.75) is 35.9 Å². The number of carbonyl (C=O) groups is 1. The van der Waals surface area contributed by atoms with Gasteiger partial charge in [0.15, 0.2) is 5.16 Å². The molecule has 0 atom stereocenters. The van der Waals surface area contributed by atoms with E-state index in [0.717, 1.165) is 25.0 Å². The van der Waals surface area contributed by atoms with Crippen molar-refractivity contribution in [2.75, 3.05) is 24.2 Å². The number of carbonyl (C=O) groups excluding carboxylic acids is 1. The van der Waals surface area contributed by atoms with E-state index in [-0.39, 0.29) is 21.2 Å². The lowest BCUT2D eigenvalue weighted by atomic mass is 10.2. The molecule has 0 aliphatic carbocycles. The van der Waals surface area contributed by atoms with Gasteiger partial charge in [0.25, 0.3) is 11.5 Å². The Kier molecular flexibility index (Phi) is 5.69.